The van der Waals surface area contributed by atoms with Crippen molar-refractivity contribution in [3.05, 3.63) is 59.2 Å². The van der Waals surface area contributed by atoms with Crippen LogP contribution in [-0.2, 0) is 11.3 Å². The van der Waals surface area contributed by atoms with Crippen LogP contribution in [0, 0.1) is 6.92 Å². The molecular formula is C28H38N4O2. The normalized spacial score (nSPS) is 24.0. The molecule has 1 amide bonds. The summed E-state index contributed by atoms with van der Waals surface area (Å²) in [4.78, 5) is 20.5. The summed E-state index contributed by atoms with van der Waals surface area (Å²) in [6.45, 7) is 12.3. The Hall–Kier alpha value is -2.41. The third-order valence-electron chi connectivity index (χ3n) is 7.79. The van der Waals surface area contributed by atoms with E-state index in [0.717, 1.165) is 63.2 Å². The second-order valence-corrected chi connectivity index (χ2v) is 10.2. The second kappa shape index (κ2) is 10.5. The molecule has 3 aliphatic rings. The summed E-state index contributed by atoms with van der Waals surface area (Å²) in [5.41, 5.74) is 5.17. The van der Waals surface area contributed by atoms with Crippen molar-refractivity contribution in [2.75, 3.05) is 56.2 Å². The predicted molar refractivity (Wildman–Crippen MR) is 138 cm³/mol. The molecule has 0 aliphatic carbocycles. The molecule has 3 heterocycles. The fraction of sp³-hybridized carbons (Fsp3) is 0.536. The number of rotatable bonds is 6. The lowest BCUT2D eigenvalue weighted by molar-refractivity contribution is 0.0342. The first-order valence-corrected chi connectivity index (χ1v) is 12.9. The first-order valence-electron chi connectivity index (χ1n) is 12.9. The van der Waals surface area contributed by atoms with E-state index >= 15 is 0 Å². The summed E-state index contributed by atoms with van der Waals surface area (Å²) < 4.78 is 5.42. The van der Waals surface area contributed by atoms with E-state index in [2.05, 4.69) is 64.2 Å². The fourth-order valence-corrected chi connectivity index (χ4v) is 5.70. The molecule has 2 aromatic rings. The quantitative estimate of drug-likeness (QED) is 0.699. The molecule has 2 aromatic carbocycles. The maximum absolute atomic E-state index is 12.9. The molecule has 0 bridgehead atoms. The Bertz CT molecular complexity index is 986. The minimum atomic E-state index is -0.0574. The summed E-state index contributed by atoms with van der Waals surface area (Å²) >= 11 is 0. The van der Waals surface area contributed by atoms with Crippen molar-refractivity contribution in [3.8, 4) is 0 Å². The number of amides is 1. The summed E-state index contributed by atoms with van der Waals surface area (Å²) in [5, 5.41) is 3.11. The highest BCUT2D eigenvalue weighted by molar-refractivity contribution is 6.04. The van der Waals surface area contributed by atoms with Gasteiger partial charge < -0.3 is 15.0 Å². The van der Waals surface area contributed by atoms with E-state index in [0.29, 0.717) is 11.6 Å². The van der Waals surface area contributed by atoms with E-state index in [1.54, 1.807) is 0 Å². The van der Waals surface area contributed by atoms with E-state index in [-0.39, 0.29) is 5.91 Å². The van der Waals surface area contributed by atoms with Gasteiger partial charge in [-0.05, 0) is 81.1 Å². The van der Waals surface area contributed by atoms with Gasteiger partial charge in [0.15, 0.2) is 0 Å². The highest BCUT2D eigenvalue weighted by atomic mass is 16.5. The highest BCUT2D eigenvalue weighted by Gasteiger charge is 2.33. The molecule has 3 fully saturated rings. The molecule has 0 aromatic heterocycles. The minimum absolute atomic E-state index is 0.0574. The lowest BCUT2D eigenvalue weighted by Gasteiger charge is -2.28. The lowest BCUT2D eigenvalue weighted by Crippen LogP contribution is -2.39. The van der Waals surface area contributed by atoms with Gasteiger partial charge >= 0.3 is 0 Å². The number of hydrogen-bond acceptors (Lipinski definition) is 5. The average Bonchev–Trinajstić information content (AvgIpc) is 3.50. The van der Waals surface area contributed by atoms with Gasteiger partial charge in [-0.2, -0.15) is 0 Å². The van der Waals surface area contributed by atoms with Gasteiger partial charge in [-0.15, -0.1) is 0 Å². The zero-order chi connectivity index (χ0) is 23.5. The topological polar surface area (TPSA) is 48.0 Å². The third kappa shape index (κ3) is 5.29. The molecule has 0 spiro atoms. The van der Waals surface area contributed by atoms with Crippen LogP contribution in [-0.4, -0.2) is 73.7 Å². The van der Waals surface area contributed by atoms with Crippen molar-refractivity contribution in [3.63, 3.8) is 0 Å². The number of likely N-dealkylation sites (tertiary alicyclic amines) is 1. The van der Waals surface area contributed by atoms with Crippen molar-refractivity contribution in [2.24, 2.45) is 0 Å². The number of anilines is 2. The van der Waals surface area contributed by atoms with Gasteiger partial charge in [0.1, 0.15) is 0 Å². The Labute approximate surface area is 203 Å². The van der Waals surface area contributed by atoms with Crippen LogP contribution in [0.3, 0.4) is 0 Å². The number of carbonyl (C=O) groups is 1. The fourth-order valence-electron chi connectivity index (χ4n) is 5.70. The molecule has 2 unspecified atom stereocenters. The summed E-state index contributed by atoms with van der Waals surface area (Å²) in [7, 11) is 0. The van der Waals surface area contributed by atoms with Crippen LogP contribution in [0.1, 0.15) is 47.7 Å². The van der Waals surface area contributed by atoms with Crippen molar-refractivity contribution in [1.82, 2.24) is 9.80 Å². The molecule has 3 aliphatic heterocycles. The lowest BCUT2D eigenvalue weighted by atomic mass is 10.1. The van der Waals surface area contributed by atoms with Crippen LogP contribution in [0.15, 0.2) is 42.5 Å². The van der Waals surface area contributed by atoms with E-state index < -0.39 is 0 Å². The van der Waals surface area contributed by atoms with Crippen molar-refractivity contribution < 1.29 is 9.53 Å². The average molecular weight is 463 g/mol. The number of aryl methyl sites for hydroxylation is 1. The van der Waals surface area contributed by atoms with E-state index in [1.807, 2.05) is 12.1 Å². The zero-order valence-corrected chi connectivity index (χ0v) is 20.6. The molecular weight excluding hydrogens is 424 g/mol. The Balaban J connectivity index is 1.17. The maximum Gasteiger partial charge on any atom is 0.255 e. The van der Waals surface area contributed by atoms with Gasteiger partial charge in [0.2, 0.25) is 0 Å². The minimum Gasteiger partial charge on any atom is -0.379 e. The van der Waals surface area contributed by atoms with Crippen LogP contribution >= 0.6 is 0 Å². The molecule has 6 heteroatoms. The summed E-state index contributed by atoms with van der Waals surface area (Å²) in [5.74, 6) is -0.0574. The van der Waals surface area contributed by atoms with Crippen LogP contribution < -0.4 is 10.2 Å². The van der Waals surface area contributed by atoms with Gasteiger partial charge in [0, 0.05) is 61.7 Å². The Morgan fingerprint density at radius 2 is 1.82 bits per heavy atom. The van der Waals surface area contributed by atoms with E-state index in [9.17, 15) is 4.79 Å². The summed E-state index contributed by atoms with van der Waals surface area (Å²) in [6, 6.07) is 15.8. The maximum atomic E-state index is 12.9. The first kappa shape index (κ1) is 23.3. The van der Waals surface area contributed by atoms with Crippen molar-refractivity contribution >= 4 is 17.3 Å². The molecule has 6 nitrogen and oxygen atoms in total. The van der Waals surface area contributed by atoms with Gasteiger partial charge in [0.05, 0.1) is 13.2 Å². The SMILES string of the molecule is Cc1cc(N2CCC(N3CCCC3C)C2)ccc1NC(=O)c1ccc(CN2CCOCC2)cc1. The van der Waals surface area contributed by atoms with Crippen LogP contribution in [0.2, 0.25) is 0 Å². The first-order chi connectivity index (χ1) is 16.6. The summed E-state index contributed by atoms with van der Waals surface area (Å²) in [6.07, 6.45) is 3.91. The standard InChI is InChI=1S/C28H38N4O2/c1-21-18-25(31-13-11-26(20-31)32-12-3-4-22(32)2)9-10-27(21)29-28(33)24-7-5-23(6-8-24)19-30-14-16-34-17-15-30/h5-10,18,22,26H,3-4,11-17,19-20H2,1-2H3,(H,29,33). The number of benzene rings is 2. The highest BCUT2D eigenvalue weighted by Crippen LogP contribution is 2.30. The van der Waals surface area contributed by atoms with E-state index in [4.69, 9.17) is 4.74 Å². The van der Waals surface area contributed by atoms with Gasteiger partial charge in [-0.3, -0.25) is 14.6 Å². The predicted octanol–water partition coefficient (Wildman–Crippen LogP) is 4.14. The number of ether oxygens (including phenoxy) is 1. The molecule has 182 valence electrons. The molecule has 0 saturated carbocycles. The zero-order valence-electron chi connectivity index (χ0n) is 20.6. The number of morpholine rings is 1. The largest absolute Gasteiger partial charge is 0.379 e. The Morgan fingerprint density at radius 1 is 1.03 bits per heavy atom. The number of carbonyl (C=O) groups excluding carboxylic acids is 1. The van der Waals surface area contributed by atoms with Crippen LogP contribution in [0.4, 0.5) is 11.4 Å². The van der Waals surface area contributed by atoms with Crippen LogP contribution in [0.25, 0.3) is 0 Å². The molecule has 5 rings (SSSR count). The molecule has 0 radical (unpaired) electrons. The number of nitrogens with zero attached hydrogens (tertiary/aromatic N) is 3. The van der Waals surface area contributed by atoms with Crippen LogP contribution in [0.5, 0.6) is 0 Å². The van der Waals surface area contributed by atoms with Gasteiger partial charge in [-0.1, -0.05) is 12.1 Å². The molecule has 1 N–H and O–H groups in total. The Kier molecular flexibility index (Phi) is 7.18. The van der Waals surface area contributed by atoms with Gasteiger partial charge in [0.25, 0.3) is 5.91 Å². The molecule has 3 saturated heterocycles. The van der Waals surface area contributed by atoms with E-state index in [1.165, 1.54) is 37.1 Å². The number of hydrogen-bond donors (Lipinski definition) is 1. The second-order valence-electron chi connectivity index (χ2n) is 10.2. The van der Waals surface area contributed by atoms with Gasteiger partial charge in [-0.25, -0.2) is 0 Å². The smallest absolute Gasteiger partial charge is 0.255 e. The third-order valence-corrected chi connectivity index (χ3v) is 7.79. The van der Waals surface area contributed by atoms with Crippen molar-refractivity contribution in [1.29, 1.82) is 0 Å². The molecule has 34 heavy (non-hydrogen) atoms. The monoisotopic (exact) mass is 462 g/mol. The molecule has 2 atom stereocenters. The van der Waals surface area contributed by atoms with Crippen molar-refractivity contribution in [2.45, 2.75) is 51.7 Å². The Morgan fingerprint density at radius 3 is 2.53 bits per heavy atom. The number of nitrogens with one attached hydrogen (secondary N) is 1.